The van der Waals surface area contributed by atoms with Gasteiger partial charge in [-0.2, -0.15) is 0 Å². The average Bonchev–Trinajstić information content (AvgIpc) is 1.84. The molecule has 0 aliphatic carbocycles. The predicted molar refractivity (Wildman–Crippen MR) is 39.2 cm³/mol. The standard InChI is InChI=1S/C7H10O5/c1-4(3-6(9)10)7(11)12-5(2)8/h5,8H,1,3H2,2H3,(H,9,10). The van der Waals surface area contributed by atoms with Crippen LogP contribution in [0.15, 0.2) is 12.2 Å². The van der Waals surface area contributed by atoms with Crippen molar-refractivity contribution in [1.29, 1.82) is 0 Å². The fraction of sp³-hybridized carbons (Fsp3) is 0.429. The van der Waals surface area contributed by atoms with Gasteiger partial charge in [0.25, 0.3) is 0 Å². The molecule has 5 heteroatoms. The van der Waals surface area contributed by atoms with Crippen LogP contribution in [0.2, 0.25) is 0 Å². The van der Waals surface area contributed by atoms with E-state index in [1.807, 2.05) is 0 Å². The van der Waals surface area contributed by atoms with Crippen molar-refractivity contribution in [3.63, 3.8) is 0 Å². The number of carbonyl (C=O) groups excluding carboxylic acids is 1. The van der Waals surface area contributed by atoms with E-state index in [9.17, 15) is 9.59 Å². The van der Waals surface area contributed by atoms with Crippen LogP contribution in [-0.4, -0.2) is 28.4 Å². The lowest BCUT2D eigenvalue weighted by atomic mass is 10.2. The van der Waals surface area contributed by atoms with Crippen molar-refractivity contribution >= 4 is 11.9 Å². The Kier molecular flexibility index (Phi) is 3.99. The second-order valence-corrected chi connectivity index (χ2v) is 2.18. The Bertz CT molecular complexity index is 206. The summed E-state index contributed by atoms with van der Waals surface area (Å²) in [6, 6.07) is 0. The van der Waals surface area contributed by atoms with Crippen molar-refractivity contribution in [3.05, 3.63) is 12.2 Å². The van der Waals surface area contributed by atoms with Crippen LogP contribution in [0.3, 0.4) is 0 Å². The van der Waals surface area contributed by atoms with Gasteiger partial charge >= 0.3 is 11.9 Å². The van der Waals surface area contributed by atoms with E-state index in [4.69, 9.17) is 10.2 Å². The number of carboxylic acids is 1. The number of hydrogen-bond donors (Lipinski definition) is 2. The monoisotopic (exact) mass is 174 g/mol. The van der Waals surface area contributed by atoms with E-state index in [2.05, 4.69) is 11.3 Å². The quantitative estimate of drug-likeness (QED) is 0.353. The fourth-order valence-corrected chi connectivity index (χ4v) is 0.493. The van der Waals surface area contributed by atoms with E-state index in [1.54, 1.807) is 0 Å². The number of esters is 1. The number of aliphatic hydroxyl groups excluding tert-OH is 1. The zero-order chi connectivity index (χ0) is 9.72. The lowest BCUT2D eigenvalue weighted by molar-refractivity contribution is -0.160. The van der Waals surface area contributed by atoms with E-state index >= 15 is 0 Å². The van der Waals surface area contributed by atoms with Crippen molar-refractivity contribution < 1.29 is 24.5 Å². The largest absolute Gasteiger partial charge is 0.481 e. The molecule has 0 heterocycles. The first-order valence-electron chi connectivity index (χ1n) is 3.22. The summed E-state index contributed by atoms with van der Waals surface area (Å²) in [4.78, 5) is 20.8. The Morgan fingerprint density at radius 2 is 2.08 bits per heavy atom. The number of hydrogen-bond acceptors (Lipinski definition) is 4. The van der Waals surface area contributed by atoms with Crippen molar-refractivity contribution in [2.24, 2.45) is 0 Å². The summed E-state index contributed by atoms with van der Waals surface area (Å²) in [7, 11) is 0. The van der Waals surface area contributed by atoms with Gasteiger partial charge in [0, 0.05) is 5.57 Å². The molecule has 0 rings (SSSR count). The highest BCUT2D eigenvalue weighted by Gasteiger charge is 2.13. The first-order chi connectivity index (χ1) is 5.43. The molecule has 0 saturated heterocycles. The van der Waals surface area contributed by atoms with Crippen LogP contribution in [0, 0.1) is 0 Å². The van der Waals surface area contributed by atoms with Gasteiger partial charge in [-0.25, -0.2) is 4.79 Å². The summed E-state index contributed by atoms with van der Waals surface area (Å²) in [5.74, 6) is -2.06. The van der Waals surface area contributed by atoms with Gasteiger partial charge in [-0.15, -0.1) is 0 Å². The molecule has 0 aliphatic heterocycles. The molecule has 1 unspecified atom stereocenters. The molecular weight excluding hydrogens is 164 g/mol. The highest BCUT2D eigenvalue weighted by molar-refractivity contribution is 5.92. The van der Waals surface area contributed by atoms with E-state index in [1.165, 1.54) is 6.92 Å². The number of ether oxygens (including phenoxy) is 1. The molecule has 12 heavy (non-hydrogen) atoms. The van der Waals surface area contributed by atoms with E-state index in [0.717, 1.165) is 0 Å². The lowest BCUT2D eigenvalue weighted by Gasteiger charge is -2.06. The summed E-state index contributed by atoms with van der Waals surface area (Å²) < 4.78 is 4.27. The van der Waals surface area contributed by atoms with E-state index in [0.29, 0.717) is 0 Å². The van der Waals surface area contributed by atoms with Gasteiger partial charge < -0.3 is 14.9 Å². The van der Waals surface area contributed by atoms with E-state index < -0.39 is 24.6 Å². The molecule has 0 radical (unpaired) electrons. The van der Waals surface area contributed by atoms with Gasteiger partial charge in [0.15, 0.2) is 6.29 Å². The zero-order valence-corrected chi connectivity index (χ0v) is 6.61. The molecule has 0 amide bonds. The molecule has 68 valence electrons. The summed E-state index contributed by atoms with van der Waals surface area (Å²) in [5, 5.41) is 16.8. The number of carboxylic acid groups (broad SMARTS) is 1. The lowest BCUT2D eigenvalue weighted by Crippen LogP contribution is -2.16. The molecule has 0 aromatic rings. The first-order valence-corrected chi connectivity index (χ1v) is 3.22. The van der Waals surface area contributed by atoms with E-state index in [-0.39, 0.29) is 5.57 Å². The van der Waals surface area contributed by atoms with Crippen molar-refractivity contribution in [2.75, 3.05) is 0 Å². The Labute approximate surface area is 69.3 Å². The Morgan fingerprint density at radius 3 is 2.42 bits per heavy atom. The van der Waals surface area contributed by atoms with Crippen LogP contribution in [0.4, 0.5) is 0 Å². The Hall–Kier alpha value is -1.36. The van der Waals surface area contributed by atoms with Gasteiger partial charge in [0.1, 0.15) is 0 Å². The second kappa shape index (κ2) is 4.50. The maximum Gasteiger partial charge on any atom is 0.336 e. The van der Waals surface area contributed by atoms with Gasteiger partial charge in [-0.3, -0.25) is 4.79 Å². The zero-order valence-electron chi connectivity index (χ0n) is 6.61. The van der Waals surface area contributed by atoms with Crippen molar-refractivity contribution in [1.82, 2.24) is 0 Å². The summed E-state index contributed by atoms with van der Waals surface area (Å²) in [6.07, 6.45) is -1.73. The van der Waals surface area contributed by atoms with Crippen LogP contribution in [0.5, 0.6) is 0 Å². The third-order valence-electron chi connectivity index (χ3n) is 0.931. The smallest absolute Gasteiger partial charge is 0.336 e. The molecule has 0 aliphatic rings. The third-order valence-corrected chi connectivity index (χ3v) is 0.931. The van der Waals surface area contributed by atoms with Gasteiger partial charge in [0.2, 0.25) is 0 Å². The second-order valence-electron chi connectivity index (χ2n) is 2.18. The maximum absolute atomic E-state index is 10.7. The number of aliphatic hydroxyl groups is 1. The van der Waals surface area contributed by atoms with Crippen molar-refractivity contribution in [3.8, 4) is 0 Å². The number of rotatable bonds is 4. The van der Waals surface area contributed by atoms with Crippen molar-refractivity contribution in [2.45, 2.75) is 19.6 Å². The van der Waals surface area contributed by atoms with Crippen LogP contribution in [0.1, 0.15) is 13.3 Å². The minimum Gasteiger partial charge on any atom is -0.481 e. The topological polar surface area (TPSA) is 83.8 Å². The minimum absolute atomic E-state index is 0.191. The number of carbonyl (C=O) groups is 2. The highest BCUT2D eigenvalue weighted by atomic mass is 16.6. The third kappa shape index (κ3) is 4.45. The summed E-state index contributed by atoms with van der Waals surface area (Å²) in [5.41, 5.74) is -0.191. The minimum atomic E-state index is -1.25. The molecule has 0 spiro atoms. The fourth-order valence-electron chi connectivity index (χ4n) is 0.493. The predicted octanol–water partition coefficient (Wildman–Crippen LogP) is -0.101. The van der Waals surface area contributed by atoms with Crippen LogP contribution in [0.25, 0.3) is 0 Å². The van der Waals surface area contributed by atoms with Crippen LogP contribution >= 0.6 is 0 Å². The molecule has 0 aromatic carbocycles. The molecular formula is C7H10O5. The molecule has 5 nitrogen and oxygen atoms in total. The molecule has 2 N–H and O–H groups in total. The summed E-state index contributed by atoms with van der Waals surface area (Å²) in [6.45, 7) is 4.42. The first kappa shape index (κ1) is 10.6. The molecule has 1 atom stereocenters. The Morgan fingerprint density at radius 1 is 1.58 bits per heavy atom. The normalized spacial score (nSPS) is 11.8. The summed E-state index contributed by atoms with van der Waals surface area (Å²) >= 11 is 0. The average molecular weight is 174 g/mol. The maximum atomic E-state index is 10.7. The van der Waals surface area contributed by atoms with Gasteiger partial charge in [-0.1, -0.05) is 6.58 Å². The molecule has 0 bridgehead atoms. The van der Waals surface area contributed by atoms with Gasteiger partial charge in [-0.05, 0) is 6.92 Å². The Balaban J connectivity index is 3.94. The van der Waals surface area contributed by atoms with Gasteiger partial charge in [0.05, 0.1) is 6.42 Å². The van der Waals surface area contributed by atoms with Crippen LogP contribution < -0.4 is 0 Å². The molecule has 0 aromatic heterocycles. The number of aliphatic carboxylic acids is 1. The van der Waals surface area contributed by atoms with Crippen LogP contribution in [-0.2, 0) is 14.3 Å². The molecule has 0 saturated carbocycles. The highest BCUT2D eigenvalue weighted by Crippen LogP contribution is 2.02. The SMILES string of the molecule is C=C(CC(=O)O)C(=O)OC(C)O. The molecule has 0 fully saturated rings.